The van der Waals surface area contributed by atoms with E-state index < -0.39 is 5.41 Å². The topological polar surface area (TPSA) is 55.1 Å². The first-order valence-electron chi connectivity index (χ1n) is 5.10. The zero-order chi connectivity index (χ0) is 12.4. The van der Waals surface area contributed by atoms with Gasteiger partial charge in [-0.25, -0.2) is 0 Å². The van der Waals surface area contributed by atoms with Crippen LogP contribution in [0, 0.1) is 10.8 Å². The molecular weight excluding hydrogens is 208 g/mol. The Hall–Kier alpha value is -0.640. The summed E-state index contributed by atoms with van der Waals surface area (Å²) in [6.07, 6.45) is 0. The van der Waals surface area contributed by atoms with Gasteiger partial charge in [0.25, 0.3) is 0 Å². The highest BCUT2D eigenvalue weighted by molar-refractivity contribution is 7.80. The van der Waals surface area contributed by atoms with Crippen LogP contribution in [0.5, 0.6) is 0 Å². The average molecular weight is 230 g/mol. The molecule has 0 aromatic rings. The van der Waals surface area contributed by atoms with E-state index in [9.17, 15) is 4.79 Å². The summed E-state index contributed by atoms with van der Waals surface area (Å²) in [5.74, 6) is -0.113. The first kappa shape index (κ1) is 14.4. The zero-order valence-electron chi connectivity index (χ0n) is 10.5. The van der Waals surface area contributed by atoms with E-state index in [2.05, 4.69) is 26.1 Å². The Balaban J connectivity index is 4.58. The fourth-order valence-corrected chi connectivity index (χ4v) is 0.798. The number of nitrogens with two attached hydrogens (primary N) is 1. The molecule has 0 saturated heterocycles. The minimum atomic E-state index is -0.783. The maximum absolute atomic E-state index is 11.9. The molecule has 0 aliphatic rings. The maximum Gasteiger partial charge on any atom is 0.232 e. The van der Waals surface area contributed by atoms with Crippen molar-refractivity contribution in [2.24, 2.45) is 16.6 Å². The van der Waals surface area contributed by atoms with Gasteiger partial charge in [0.2, 0.25) is 5.91 Å². The third-order valence-corrected chi connectivity index (χ3v) is 3.34. The first-order chi connectivity index (χ1) is 6.49. The summed E-state index contributed by atoms with van der Waals surface area (Å²) >= 11 is 4.87. The van der Waals surface area contributed by atoms with Crippen molar-refractivity contribution in [3.8, 4) is 0 Å². The Morgan fingerprint density at radius 3 is 1.93 bits per heavy atom. The van der Waals surface area contributed by atoms with Crippen LogP contribution >= 0.6 is 12.2 Å². The lowest BCUT2D eigenvalue weighted by atomic mass is 9.86. The molecule has 3 N–H and O–H groups in total. The smallest absolute Gasteiger partial charge is 0.232 e. The quantitative estimate of drug-likeness (QED) is 0.728. The van der Waals surface area contributed by atoms with Gasteiger partial charge in [-0.1, -0.05) is 33.0 Å². The van der Waals surface area contributed by atoms with E-state index in [1.165, 1.54) is 0 Å². The molecule has 0 rings (SSSR count). The lowest BCUT2D eigenvalue weighted by Gasteiger charge is -2.31. The number of nitrogens with one attached hydrogen (secondary N) is 1. The molecule has 88 valence electrons. The Morgan fingerprint density at radius 1 is 1.27 bits per heavy atom. The SMILES string of the molecule is CC(NC(=O)C(C)(C)C(N)=S)C(C)(C)C. The molecule has 0 aromatic carbocycles. The fourth-order valence-electron chi connectivity index (χ4n) is 0.705. The predicted octanol–water partition coefficient (Wildman–Crippen LogP) is 1.85. The van der Waals surface area contributed by atoms with Crippen molar-refractivity contribution in [3.63, 3.8) is 0 Å². The second-order valence-electron chi connectivity index (χ2n) is 5.55. The summed E-state index contributed by atoms with van der Waals surface area (Å²) in [5, 5.41) is 2.94. The first-order valence-corrected chi connectivity index (χ1v) is 5.51. The van der Waals surface area contributed by atoms with E-state index >= 15 is 0 Å². The number of hydrogen-bond donors (Lipinski definition) is 2. The monoisotopic (exact) mass is 230 g/mol. The van der Waals surface area contributed by atoms with E-state index in [0.717, 1.165) is 0 Å². The summed E-state index contributed by atoms with van der Waals surface area (Å²) in [6.45, 7) is 11.7. The van der Waals surface area contributed by atoms with E-state index in [0.29, 0.717) is 0 Å². The number of hydrogen-bond acceptors (Lipinski definition) is 2. The van der Waals surface area contributed by atoms with Gasteiger partial charge in [-0.3, -0.25) is 4.79 Å². The van der Waals surface area contributed by atoms with Crippen molar-refractivity contribution in [3.05, 3.63) is 0 Å². The number of carbonyl (C=O) groups excluding carboxylic acids is 1. The molecule has 1 atom stereocenters. The number of carbonyl (C=O) groups is 1. The Bertz CT molecular complexity index is 266. The summed E-state index contributed by atoms with van der Waals surface area (Å²) in [6, 6.07) is 0.0821. The Morgan fingerprint density at radius 2 is 1.67 bits per heavy atom. The Labute approximate surface area is 97.8 Å². The van der Waals surface area contributed by atoms with Crippen molar-refractivity contribution in [1.82, 2.24) is 5.32 Å². The molecule has 0 heterocycles. The van der Waals surface area contributed by atoms with E-state index in [4.69, 9.17) is 18.0 Å². The summed E-state index contributed by atoms with van der Waals surface area (Å²) < 4.78 is 0. The summed E-state index contributed by atoms with van der Waals surface area (Å²) in [4.78, 5) is 12.1. The van der Waals surface area contributed by atoms with Crippen molar-refractivity contribution >= 4 is 23.1 Å². The molecule has 0 saturated carbocycles. The second-order valence-corrected chi connectivity index (χ2v) is 5.99. The maximum atomic E-state index is 11.9. The van der Waals surface area contributed by atoms with Crippen LogP contribution < -0.4 is 11.1 Å². The van der Waals surface area contributed by atoms with Gasteiger partial charge in [-0.05, 0) is 26.2 Å². The molecule has 1 unspecified atom stereocenters. The standard InChI is InChI=1S/C11H22N2OS/c1-7(10(2,3)4)13-9(14)11(5,6)8(12)15/h7H,1-6H3,(H2,12,15)(H,13,14). The molecule has 4 heteroatoms. The highest BCUT2D eigenvalue weighted by atomic mass is 32.1. The predicted molar refractivity (Wildman–Crippen MR) is 67.6 cm³/mol. The molecular formula is C11H22N2OS. The van der Waals surface area contributed by atoms with Crippen LogP contribution in [0.4, 0.5) is 0 Å². The largest absolute Gasteiger partial charge is 0.392 e. The van der Waals surface area contributed by atoms with Gasteiger partial charge in [0.15, 0.2) is 0 Å². The van der Waals surface area contributed by atoms with Crippen LogP contribution in [0.2, 0.25) is 0 Å². The molecule has 0 spiro atoms. The van der Waals surface area contributed by atoms with Gasteiger partial charge in [0, 0.05) is 6.04 Å². The molecule has 0 aromatic heterocycles. The van der Waals surface area contributed by atoms with Crippen LogP contribution in [0.15, 0.2) is 0 Å². The van der Waals surface area contributed by atoms with E-state index in [1.807, 2.05) is 6.92 Å². The van der Waals surface area contributed by atoms with E-state index in [1.54, 1.807) is 13.8 Å². The summed E-state index contributed by atoms with van der Waals surface area (Å²) in [7, 11) is 0. The van der Waals surface area contributed by atoms with Gasteiger partial charge in [0.05, 0.1) is 10.4 Å². The number of thiocarbonyl (C=S) groups is 1. The highest BCUT2D eigenvalue weighted by Gasteiger charge is 2.33. The van der Waals surface area contributed by atoms with Crippen molar-refractivity contribution in [2.75, 3.05) is 0 Å². The fraction of sp³-hybridized carbons (Fsp3) is 0.818. The van der Waals surface area contributed by atoms with Crippen molar-refractivity contribution in [2.45, 2.75) is 47.6 Å². The number of amides is 1. The van der Waals surface area contributed by atoms with Crippen LogP contribution in [-0.2, 0) is 4.79 Å². The molecule has 1 amide bonds. The summed E-state index contributed by atoms with van der Waals surface area (Å²) in [5.41, 5.74) is 4.77. The van der Waals surface area contributed by atoms with Gasteiger partial charge in [-0.2, -0.15) is 0 Å². The normalized spacial score (nSPS) is 14.5. The van der Waals surface area contributed by atoms with Gasteiger partial charge < -0.3 is 11.1 Å². The molecule has 0 aliphatic heterocycles. The van der Waals surface area contributed by atoms with Crippen LogP contribution in [0.3, 0.4) is 0 Å². The third-order valence-electron chi connectivity index (χ3n) is 2.83. The van der Waals surface area contributed by atoms with Gasteiger partial charge in [-0.15, -0.1) is 0 Å². The van der Waals surface area contributed by atoms with Crippen LogP contribution in [0.25, 0.3) is 0 Å². The minimum absolute atomic E-state index is 0.0297. The average Bonchev–Trinajstić information content (AvgIpc) is 2.01. The minimum Gasteiger partial charge on any atom is -0.392 e. The molecule has 0 radical (unpaired) electrons. The lowest BCUT2D eigenvalue weighted by Crippen LogP contribution is -2.50. The van der Waals surface area contributed by atoms with Gasteiger partial charge in [0.1, 0.15) is 0 Å². The Kier molecular flexibility index (Phi) is 4.28. The zero-order valence-corrected chi connectivity index (χ0v) is 11.3. The molecule has 3 nitrogen and oxygen atoms in total. The van der Waals surface area contributed by atoms with Gasteiger partial charge >= 0.3 is 0 Å². The third kappa shape index (κ3) is 3.78. The number of rotatable bonds is 3. The van der Waals surface area contributed by atoms with Crippen LogP contribution in [0.1, 0.15) is 41.5 Å². The molecule has 0 bridgehead atoms. The molecule has 0 aliphatic carbocycles. The molecule has 0 fully saturated rings. The molecule has 15 heavy (non-hydrogen) atoms. The highest BCUT2D eigenvalue weighted by Crippen LogP contribution is 2.21. The second kappa shape index (κ2) is 4.47. The van der Waals surface area contributed by atoms with Crippen molar-refractivity contribution in [1.29, 1.82) is 0 Å². The van der Waals surface area contributed by atoms with Crippen LogP contribution in [-0.4, -0.2) is 16.9 Å². The van der Waals surface area contributed by atoms with E-state index in [-0.39, 0.29) is 22.4 Å². The van der Waals surface area contributed by atoms with Crippen molar-refractivity contribution < 1.29 is 4.79 Å². The lowest BCUT2D eigenvalue weighted by molar-refractivity contribution is -0.127.